The Balaban J connectivity index is 1.40. The van der Waals surface area contributed by atoms with E-state index in [1.54, 1.807) is 12.0 Å². The van der Waals surface area contributed by atoms with Gasteiger partial charge in [-0.15, -0.1) is 0 Å². The highest BCUT2D eigenvalue weighted by atomic mass is 19.1. The van der Waals surface area contributed by atoms with Crippen LogP contribution in [0.25, 0.3) is 0 Å². The lowest BCUT2D eigenvalue weighted by molar-refractivity contribution is -0.137. The molecule has 0 spiro atoms. The number of piperidine rings is 1. The zero-order chi connectivity index (χ0) is 22.0. The summed E-state index contributed by atoms with van der Waals surface area (Å²) in [6, 6.07) is 10.8. The Bertz CT molecular complexity index is 973. The third-order valence-corrected chi connectivity index (χ3v) is 6.31. The summed E-state index contributed by atoms with van der Waals surface area (Å²) in [5, 5.41) is 0. The van der Waals surface area contributed by atoms with E-state index in [1.807, 2.05) is 29.2 Å². The summed E-state index contributed by atoms with van der Waals surface area (Å²) < 4.78 is 32.4. The van der Waals surface area contributed by atoms with Gasteiger partial charge in [0.2, 0.25) is 5.91 Å². The summed E-state index contributed by atoms with van der Waals surface area (Å²) in [5.74, 6) is -1.30. The molecule has 31 heavy (non-hydrogen) atoms. The number of likely N-dealkylation sites (tertiary alicyclic amines) is 2. The molecule has 0 radical (unpaired) electrons. The average Bonchev–Trinajstić information content (AvgIpc) is 3.28. The third kappa shape index (κ3) is 4.40. The number of rotatable bonds is 4. The number of amides is 2. The molecule has 2 saturated heterocycles. The van der Waals surface area contributed by atoms with Gasteiger partial charge in [0.25, 0.3) is 5.91 Å². The van der Waals surface area contributed by atoms with Crippen molar-refractivity contribution in [2.75, 3.05) is 26.7 Å². The van der Waals surface area contributed by atoms with Crippen molar-refractivity contribution >= 4 is 11.8 Å². The van der Waals surface area contributed by atoms with Gasteiger partial charge in [-0.1, -0.05) is 12.1 Å². The predicted octanol–water partition coefficient (Wildman–Crippen LogP) is 4.19. The average molecular weight is 428 g/mol. The van der Waals surface area contributed by atoms with E-state index in [-0.39, 0.29) is 23.4 Å². The normalized spacial score (nSPS) is 19.5. The van der Waals surface area contributed by atoms with Crippen LogP contribution >= 0.6 is 0 Å². The number of methoxy groups -OCH3 is 1. The lowest BCUT2D eigenvalue weighted by atomic mass is 9.93. The third-order valence-electron chi connectivity index (χ3n) is 6.31. The van der Waals surface area contributed by atoms with Gasteiger partial charge in [-0.25, -0.2) is 8.78 Å². The van der Waals surface area contributed by atoms with Gasteiger partial charge in [-0.3, -0.25) is 9.59 Å². The standard InChI is InChI=1S/C24H26F2N2O3/c1-31-19-5-2-4-17(14-19)22-6-3-11-28(22)23(29)16-9-12-27(13-10-16)24(30)20-8-7-18(25)15-21(20)26/h2,4-5,7-8,14-16,22H,3,6,9-13H2,1H3. The fourth-order valence-electron chi connectivity index (χ4n) is 4.62. The number of halogens is 2. The zero-order valence-corrected chi connectivity index (χ0v) is 17.5. The largest absolute Gasteiger partial charge is 0.497 e. The van der Waals surface area contributed by atoms with Gasteiger partial charge in [0.15, 0.2) is 0 Å². The molecule has 2 heterocycles. The van der Waals surface area contributed by atoms with Crippen LogP contribution in [-0.4, -0.2) is 48.4 Å². The van der Waals surface area contributed by atoms with Crippen LogP contribution in [0.1, 0.15) is 47.6 Å². The van der Waals surface area contributed by atoms with Gasteiger partial charge >= 0.3 is 0 Å². The van der Waals surface area contributed by atoms with Gasteiger partial charge < -0.3 is 14.5 Å². The Kier molecular flexibility index (Phi) is 6.20. The summed E-state index contributed by atoms with van der Waals surface area (Å²) in [6.07, 6.45) is 2.94. The molecule has 2 amide bonds. The topological polar surface area (TPSA) is 49.9 Å². The molecule has 2 fully saturated rings. The van der Waals surface area contributed by atoms with Crippen LogP contribution in [0.5, 0.6) is 5.75 Å². The van der Waals surface area contributed by atoms with E-state index >= 15 is 0 Å². The summed E-state index contributed by atoms with van der Waals surface area (Å²) in [7, 11) is 1.63. The van der Waals surface area contributed by atoms with Crippen molar-refractivity contribution < 1.29 is 23.1 Å². The van der Waals surface area contributed by atoms with Crippen LogP contribution in [0.4, 0.5) is 8.78 Å². The minimum atomic E-state index is -0.860. The predicted molar refractivity (Wildman–Crippen MR) is 112 cm³/mol. The monoisotopic (exact) mass is 428 g/mol. The quantitative estimate of drug-likeness (QED) is 0.734. The van der Waals surface area contributed by atoms with Crippen LogP contribution in [-0.2, 0) is 4.79 Å². The first-order chi connectivity index (χ1) is 15.0. The number of hydrogen-bond donors (Lipinski definition) is 0. The molecule has 164 valence electrons. The van der Waals surface area contributed by atoms with Crippen LogP contribution in [0.3, 0.4) is 0 Å². The van der Waals surface area contributed by atoms with Gasteiger partial charge in [0.1, 0.15) is 17.4 Å². The maximum atomic E-state index is 14.0. The first-order valence-corrected chi connectivity index (χ1v) is 10.7. The van der Waals surface area contributed by atoms with E-state index in [2.05, 4.69) is 0 Å². The Labute approximate surface area is 180 Å². The Morgan fingerprint density at radius 3 is 2.48 bits per heavy atom. The highest BCUT2D eigenvalue weighted by molar-refractivity contribution is 5.94. The van der Waals surface area contributed by atoms with Gasteiger partial charge in [-0.05, 0) is 55.5 Å². The highest BCUT2D eigenvalue weighted by Crippen LogP contribution is 2.36. The second-order valence-electron chi connectivity index (χ2n) is 8.16. The molecule has 4 rings (SSSR count). The lowest BCUT2D eigenvalue weighted by Gasteiger charge is -2.35. The second kappa shape index (κ2) is 9.04. The molecule has 0 N–H and O–H groups in total. The lowest BCUT2D eigenvalue weighted by Crippen LogP contribution is -2.44. The molecular weight excluding hydrogens is 402 g/mol. The van der Waals surface area contributed by atoms with Gasteiger partial charge in [-0.2, -0.15) is 0 Å². The fourth-order valence-corrected chi connectivity index (χ4v) is 4.62. The molecule has 2 aromatic rings. The van der Waals surface area contributed by atoms with E-state index in [9.17, 15) is 18.4 Å². The summed E-state index contributed by atoms with van der Waals surface area (Å²) >= 11 is 0. The summed E-state index contributed by atoms with van der Waals surface area (Å²) in [6.45, 7) is 1.48. The SMILES string of the molecule is COc1cccc(C2CCCN2C(=O)C2CCN(C(=O)c3ccc(F)cc3F)CC2)c1. The molecule has 0 aliphatic carbocycles. The maximum absolute atomic E-state index is 14.0. The first-order valence-electron chi connectivity index (χ1n) is 10.7. The molecule has 7 heteroatoms. The van der Waals surface area contributed by atoms with E-state index in [1.165, 1.54) is 6.07 Å². The fraction of sp³-hybridized carbons (Fsp3) is 0.417. The molecule has 0 saturated carbocycles. The molecule has 0 bridgehead atoms. The molecule has 2 aliphatic heterocycles. The molecule has 1 atom stereocenters. The number of carbonyl (C=O) groups is 2. The van der Waals surface area contributed by atoms with Crippen molar-refractivity contribution in [1.82, 2.24) is 9.80 Å². The van der Waals surface area contributed by atoms with Crippen molar-refractivity contribution in [2.45, 2.75) is 31.7 Å². The Morgan fingerprint density at radius 1 is 1.00 bits per heavy atom. The van der Waals surface area contributed by atoms with Crippen molar-refractivity contribution in [3.05, 3.63) is 65.2 Å². The minimum Gasteiger partial charge on any atom is -0.497 e. The van der Waals surface area contributed by atoms with Gasteiger partial charge in [0.05, 0.1) is 18.7 Å². The zero-order valence-electron chi connectivity index (χ0n) is 17.5. The van der Waals surface area contributed by atoms with Crippen molar-refractivity contribution in [3.8, 4) is 5.75 Å². The van der Waals surface area contributed by atoms with Crippen LogP contribution in [0, 0.1) is 17.6 Å². The molecular formula is C24H26F2N2O3. The van der Waals surface area contributed by atoms with E-state index in [0.29, 0.717) is 25.9 Å². The number of ether oxygens (including phenoxy) is 1. The van der Waals surface area contributed by atoms with Crippen LogP contribution in [0.2, 0.25) is 0 Å². The van der Waals surface area contributed by atoms with E-state index in [4.69, 9.17) is 4.74 Å². The molecule has 5 nitrogen and oxygen atoms in total. The molecule has 1 unspecified atom stereocenters. The molecule has 2 aromatic carbocycles. The highest BCUT2D eigenvalue weighted by Gasteiger charge is 2.36. The van der Waals surface area contributed by atoms with Crippen LogP contribution in [0.15, 0.2) is 42.5 Å². The summed E-state index contributed by atoms with van der Waals surface area (Å²) in [4.78, 5) is 29.4. The molecule has 0 aromatic heterocycles. The number of benzene rings is 2. The maximum Gasteiger partial charge on any atom is 0.256 e. The van der Waals surface area contributed by atoms with Crippen LogP contribution < -0.4 is 4.74 Å². The first kappa shape index (κ1) is 21.3. The smallest absolute Gasteiger partial charge is 0.256 e. The minimum absolute atomic E-state index is 0.0376. The number of carbonyl (C=O) groups excluding carboxylic acids is 2. The van der Waals surface area contributed by atoms with Crippen molar-refractivity contribution in [1.29, 1.82) is 0 Å². The van der Waals surface area contributed by atoms with E-state index in [0.717, 1.165) is 42.8 Å². The van der Waals surface area contributed by atoms with Crippen molar-refractivity contribution in [3.63, 3.8) is 0 Å². The molecule has 2 aliphatic rings. The van der Waals surface area contributed by atoms with Gasteiger partial charge in [0, 0.05) is 31.6 Å². The Morgan fingerprint density at radius 2 is 1.77 bits per heavy atom. The second-order valence-corrected chi connectivity index (χ2v) is 8.16. The Hall–Kier alpha value is -2.96. The van der Waals surface area contributed by atoms with Crippen molar-refractivity contribution in [2.24, 2.45) is 5.92 Å². The summed E-state index contributed by atoms with van der Waals surface area (Å²) in [5.41, 5.74) is 0.938. The number of hydrogen-bond acceptors (Lipinski definition) is 3. The number of nitrogens with zero attached hydrogens (tertiary/aromatic N) is 2. The van der Waals surface area contributed by atoms with E-state index < -0.39 is 17.5 Å².